The van der Waals surface area contributed by atoms with Gasteiger partial charge in [0.2, 0.25) is 0 Å². The van der Waals surface area contributed by atoms with E-state index < -0.39 is 17.5 Å². The van der Waals surface area contributed by atoms with Gasteiger partial charge < -0.3 is 9.64 Å². The van der Waals surface area contributed by atoms with Crippen molar-refractivity contribution in [1.82, 2.24) is 0 Å². The molecule has 0 spiro atoms. The Hall–Kier alpha value is -2.69. The molecular formula is C16H12FNO3. The molecule has 0 fully saturated rings. The van der Waals surface area contributed by atoms with Gasteiger partial charge in [0.1, 0.15) is 11.6 Å². The number of amides is 1. The van der Waals surface area contributed by atoms with Gasteiger partial charge in [0.05, 0.1) is 24.9 Å². The van der Waals surface area contributed by atoms with Crippen molar-refractivity contribution in [3.05, 3.63) is 59.4 Å². The molecule has 0 N–H and O–H groups in total. The normalized spacial score (nSPS) is 13.5. The quantitative estimate of drug-likeness (QED) is 0.814. The summed E-state index contributed by atoms with van der Waals surface area (Å²) in [5, 5.41) is 0. The van der Waals surface area contributed by atoms with Gasteiger partial charge in [0.25, 0.3) is 11.7 Å². The standard InChI is InChI=1S/C16H12FNO3/c1-21-12-5-2-10(3-6-12)9-18-14-8-11(17)4-7-13(14)15(19)16(18)20/h2-8H,9H2,1H3. The minimum absolute atomic E-state index is 0.213. The molecular weight excluding hydrogens is 273 g/mol. The number of hydrogen-bond donors (Lipinski definition) is 0. The van der Waals surface area contributed by atoms with Gasteiger partial charge in [-0.15, -0.1) is 0 Å². The molecule has 0 aromatic heterocycles. The number of nitrogens with zero attached hydrogens (tertiary/aromatic N) is 1. The van der Waals surface area contributed by atoms with Crippen LogP contribution in [0.3, 0.4) is 0 Å². The zero-order chi connectivity index (χ0) is 15.0. The van der Waals surface area contributed by atoms with E-state index in [4.69, 9.17) is 4.74 Å². The first kappa shape index (κ1) is 13.3. The maximum Gasteiger partial charge on any atom is 0.299 e. The van der Waals surface area contributed by atoms with E-state index in [0.717, 1.165) is 5.56 Å². The maximum atomic E-state index is 13.4. The Bertz CT molecular complexity index is 725. The summed E-state index contributed by atoms with van der Waals surface area (Å²) >= 11 is 0. The molecule has 0 bridgehead atoms. The average molecular weight is 285 g/mol. The van der Waals surface area contributed by atoms with Gasteiger partial charge in [-0.2, -0.15) is 0 Å². The summed E-state index contributed by atoms with van der Waals surface area (Å²) in [5.41, 5.74) is 1.39. The molecule has 0 atom stereocenters. The number of carbonyl (C=O) groups excluding carboxylic acids is 2. The second-order valence-electron chi connectivity index (χ2n) is 4.73. The largest absolute Gasteiger partial charge is 0.497 e. The van der Waals surface area contributed by atoms with Crippen molar-refractivity contribution >= 4 is 17.4 Å². The SMILES string of the molecule is COc1ccc(CN2C(=O)C(=O)c3ccc(F)cc32)cc1. The van der Waals surface area contributed by atoms with Crippen molar-refractivity contribution in [2.24, 2.45) is 0 Å². The van der Waals surface area contributed by atoms with Crippen LogP contribution in [0.25, 0.3) is 0 Å². The predicted molar refractivity (Wildman–Crippen MR) is 74.9 cm³/mol. The average Bonchev–Trinajstić information content (AvgIpc) is 2.73. The molecule has 4 nitrogen and oxygen atoms in total. The highest BCUT2D eigenvalue weighted by Crippen LogP contribution is 2.31. The Balaban J connectivity index is 1.93. The zero-order valence-corrected chi connectivity index (χ0v) is 11.3. The third-order valence-electron chi connectivity index (χ3n) is 3.43. The summed E-state index contributed by atoms with van der Waals surface area (Å²) in [5.74, 6) is -1.00. The van der Waals surface area contributed by atoms with E-state index in [-0.39, 0.29) is 12.1 Å². The number of ketones is 1. The molecule has 0 aliphatic carbocycles. The summed E-state index contributed by atoms with van der Waals surface area (Å²) in [7, 11) is 1.57. The third-order valence-corrected chi connectivity index (χ3v) is 3.43. The molecule has 0 saturated carbocycles. The molecule has 106 valence electrons. The highest BCUT2D eigenvalue weighted by molar-refractivity contribution is 6.52. The molecule has 1 heterocycles. The van der Waals surface area contributed by atoms with Crippen LogP contribution in [0.15, 0.2) is 42.5 Å². The van der Waals surface area contributed by atoms with Crippen molar-refractivity contribution in [2.45, 2.75) is 6.54 Å². The van der Waals surface area contributed by atoms with Crippen LogP contribution >= 0.6 is 0 Å². The number of halogens is 1. The van der Waals surface area contributed by atoms with Gasteiger partial charge in [-0.1, -0.05) is 12.1 Å². The van der Waals surface area contributed by atoms with Gasteiger partial charge in [0, 0.05) is 0 Å². The molecule has 1 amide bonds. The summed E-state index contributed by atoms with van der Waals surface area (Å²) in [4.78, 5) is 25.2. The lowest BCUT2D eigenvalue weighted by Crippen LogP contribution is -2.29. The Morgan fingerprint density at radius 3 is 2.48 bits per heavy atom. The molecule has 5 heteroatoms. The molecule has 2 aromatic carbocycles. The number of rotatable bonds is 3. The number of Topliss-reactive ketones (excluding diaryl/α,β-unsaturated/α-hetero) is 1. The van der Waals surface area contributed by atoms with Crippen LogP contribution in [0, 0.1) is 5.82 Å². The van der Waals surface area contributed by atoms with Gasteiger partial charge in [-0.25, -0.2) is 4.39 Å². The second-order valence-corrected chi connectivity index (χ2v) is 4.73. The van der Waals surface area contributed by atoms with Gasteiger partial charge in [-0.05, 0) is 35.9 Å². The number of carbonyl (C=O) groups is 2. The van der Waals surface area contributed by atoms with E-state index in [1.54, 1.807) is 31.4 Å². The highest BCUT2D eigenvalue weighted by atomic mass is 19.1. The fraction of sp³-hybridized carbons (Fsp3) is 0.125. The van der Waals surface area contributed by atoms with E-state index >= 15 is 0 Å². The van der Waals surface area contributed by atoms with Crippen LogP contribution in [-0.2, 0) is 11.3 Å². The topological polar surface area (TPSA) is 46.6 Å². The van der Waals surface area contributed by atoms with Crippen LogP contribution in [0.2, 0.25) is 0 Å². The monoisotopic (exact) mass is 285 g/mol. The number of fused-ring (bicyclic) bond motifs is 1. The smallest absolute Gasteiger partial charge is 0.299 e. The summed E-state index contributed by atoms with van der Waals surface area (Å²) in [6.45, 7) is 0.213. The number of methoxy groups -OCH3 is 1. The van der Waals surface area contributed by atoms with Crippen molar-refractivity contribution in [2.75, 3.05) is 12.0 Å². The number of hydrogen-bond acceptors (Lipinski definition) is 3. The molecule has 1 aliphatic heterocycles. The molecule has 1 aliphatic rings. The van der Waals surface area contributed by atoms with Crippen molar-refractivity contribution in [1.29, 1.82) is 0 Å². The summed E-state index contributed by atoms with van der Waals surface area (Å²) in [6.07, 6.45) is 0. The predicted octanol–water partition coefficient (Wildman–Crippen LogP) is 2.56. The van der Waals surface area contributed by atoms with Crippen LogP contribution < -0.4 is 9.64 Å². The minimum Gasteiger partial charge on any atom is -0.497 e. The highest BCUT2D eigenvalue weighted by Gasteiger charge is 2.35. The Morgan fingerprint density at radius 2 is 1.81 bits per heavy atom. The maximum absolute atomic E-state index is 13.4. The van der Waals surface area contributed by atoms with E-state index in [0.29, 0.717) is 11.4 Å². The van der Waals surface area contributed by atoms with Crippen LogP contribution in [0.5, 0.6) is 5.75 Å². The van der Waals surface area contributed by atoms with E-state index in [9.17, 15) is 14.0 Å². The summed E-state index contributed by atoms with van der Waals surface area (Å²) < 4.78 is 18.4. The second kappa shape index (κ2) is 5.01. The van der Waals surface area contributed by atoms with Crippen molar-refractivity contribution < 1.29 is 18.7 Å². The van der Waals surface area contributed by atoms with Crippen LogP contribution in [-0.4, -0.2) is 18.8 Å². The number of ether oxygens (including phenoxy) is 1. The molecule has 0 saturated heterocycles. The van der Waals surface area contributed by atoms with Crippen LogP contribution in [0.1, 0.15) is 15.9 Å². The zero-order valence-electron chi connectivity index (χ0n) is 11.3. The Morgan fingerprint density at radius 1 is 1.10 bits per heavy atom. The first-order valence-corrected chi connectivity index (χ1v) is 6.39. The minimum atomic E-state index is -0.633. The molecule has 2 aromatic rings. The Kier molecular flexibility index (Phi) is 3.17. The van der Waals surface area contributed by atoms with Crippen molar-refractivity contribution in [3.63, 3.8) is 0 Å². The fourth-order valence-electron chi connectivity index (χ4n) is 2.34. The van der Waals surface area contributed by atoms with E-state index in [2.05, 4.69) is 0 Å². The first-order valence-electron chi connectivity index (χ1n) is 6.39. The van der Waals surface area contributed by atoms with Gasteiger partial charge in [0.15, 0.2) is 0 Å². The number of anilines is 1. The molecule has 21 heavy (non-hydrogen) atoms. The Labute approximate surface area is 120 Å². The molecule has 0 unspecified atom stereocenters. The third kappa shape index (κ3) is 2.27. The lowest BCUT2D eigenvalue weighted by molar-refractivity contribution is -0.114. The fourth-order valence-corrected chi connectivity index (χ4v) is 2.34. The summed E-state index contributed by atoms with van der Waals surface area (Å²) in [6, 6.07) is 10.9. The van der Waals surface area contributed by atoms with E-state index in [1.165, 1.54) is 23.1 Å². The molecule has 0 radical (unpaired) electrons. The van der Waals surface area contributed by atoms with Gasteiger partial charge in [-0.3, -0.25) is 9.59 Å². The van der Waals surface area contributed by atoms with Crippen molar-refractivity contribution in [3.8, 4) is 5.75 Å². The van der Waals surface area contributed by atoms with Gasteiger partial charge >= 0.3 is 0 Å². The van der Waals surface area contributed by atoms with Crippen LogP contribution in [0.4, 0.5) is 10.1 Å². The first-order chi connectivity index (χ1) is 10.1. The number of benzene rings is 2. The molecule has 3 rings (SSSR count). The lowest BCUT2D eigenvalue weighted by Gasteiger charge is -2.16. The van der Waals surface area contributed by atoms with E-state index in [1.807, 2.05) is 0 Å². The lowest BCUT2D eigenvalue weighted by atomic mass is 10.1.